The largest absolute Gasteiger partial charge is 0.371 e. The SMILES string of the molecule is CCc1ccc(NC(=O)c2cc(N3CCCCC3)c3cc(C)ccc3n2)cc1. The Balaban J connectivity index is 1.69. The third-order valence-corrected chi connectivity index (χ3v) is 5.49. The first-order chi connectivity index (χ1) is 13.6. The van der Waals surface area contributed by atoms with E-state index < -0.39 is 0 Å². The van der Waals surface area contributed by atoms with Crippen molar-refractivity contribution in [3.05, 3.63) is 65.4 Å². The molecule has 0 atom stereocenters. The quantitative estimate of drug-likeness (QED) is 0.671. The molecule has 0 radical (unpaired) electrons. The lowest BCUT2D eigenvalue weighted by Crippen LogP contribution is -2.30. The molecule has 2 aromatic carbocycles. The molecule has 1 saturated heterocycles. The lowest BCUT2D eigenvalue weighted by molar-refractivity contribution is 0.102. The van der Waals surface area contributed by atoms with Gasteiger partial charge in [0, 0.05) is 29.9 Å². The minimum atomic E-state index is -0.162. The number of hydrogen-bond donors (Lipinski definition) is 1. The van der Waals surface area contributed by atoms with E-state index in [9.17, 15) is 4.79 Å². The van der Waals surface area contributed by atoms with Crippen molar-refractivity contribution in [2.45, 2.75) is 39.5 Å². The molecule has 1 fully saturated rings. The molecule has 0 aliphatic carbocycles. The topological polar surface area (TPSA) is 45.2 Å². The first kappa shape index (κ1) is 18.5. The Kier molecular flexibility index (Phi) is 5.29. The number of hydrogen-bond acceptors (Lipinski definition) is 3. The summed E-state index contributed by atoms with van der Waals surface area (Å²) in [6, 6.07) is 16.2. The van der Waals surface area contributed by atoms with Crippen LogP contribution in [0.15, 0.2) is 48.5 Å². The maximum absolute atomic E-state index is 12.9. The fraction of sp³-hybridized carbons (Fsp3) is 0.333. The zero-order valence-corrected chi connectivity index (χ0v) is 16.7. The van der Waals surface area contributed by atoms with E-state index in [0.29, 0.717) is 5.69 Å². The van der Waals surface area contributed by atoms with Gasteiger partial charge < -0.3 is 10.2 Å². The average Bonchev–Trinajstić information content (AvgIpc) is 2.74. The highest BCUT2D eigenvalue weighted by Gasteiger charge is 2.18. The van der Waals surface area contributed by atoms with Crippen molar-refractivity contribution in [3.63, 3.8) is 0 Å². The summed E-state index contributed by atoms with van der Waals surface area (Å²) < 4.78 is 0. The summed E-state index contributed by atoms with van der Waals surface area (Å²) in [6.45, 7) is 6.29. The van der Waals surface area contributed by atoms with Crippen molar-refractivity contribution in [2.24, 2.45) is 0 Å². The Bertz CT molecular complexity index is 989. The van der Waals surface area contributed by atoms with Crippen molar-refractivity contribution < 1.29 is 4.79 Å². The number of nitrogens with zero attached hydrogens (tertiary/aromatic N) is 2. The molecule has 0 saturated carbocycles. The number of pyridine rings is 1. The standard InChI is InChI=1S/C24H27N3O/c1-3-18-8-10-19(11-9-18)25-24(28)22-16-23(27-13-5-4-6-14-27)20-15-17(2)7-12-21(20)26-22/h7-12,15-16H,3-6,13-14H2,1-2H3,(H,25,28). The summed E-state index contributed by atoms with van der Waals surface area (Å²) in [5.41, 5.74) is 5.73. The number of aryl methyl sites for hydroxylation is 2. The third-order valence-electron chi connectivity index (χ3n) is 5.49. The molecule has 1 aliphatic rings. The van der Waals surface area contributed by atoms with Crippen LogP contribution < -0.4 is 10.2 Å². The highest BCUT2D eigenvalue weighted by atomic mass is 16.1. The molecule has 3 aromatic rings. The van der Waals surface area contributed by atoms with Gasteiger partial charge in [-0.1, -0.05) is 30.7 Å². The Labute approximate surface area is 166 Å². The van der Waals surface area contributed by atoms with Crippen LogP contribution in [0.2, 0.25) is 0 Å². The highest BCUT2D eigenvalue weighted by Crippen LogP contribution is 2.30. The van der Waals surface area contributed by atoms with Crippen LogP contribution in [-0.2, 0) is 6.42 Å². The van der Waals surface area contributed by atoms with Gasteiger partial charge in [-0.2, -0.15) is 0 Å². The van der Waals surface area contributed by atoms with Gasteiger partial charge in [0.05, 0.1) is 5.52 Å². The predicted octanol–water partition coefficient (Wildman–Crippen LogP) is 5.35. The normalized spacial score (nSPS) is 14.3. The van der Waals surface area contributed by atoms with E-state index in [2.05, 4.69) is 41.2 Å². The number of fused-ring (bicyclic) bond motifs is 1. The molecule has 1 N–H and O–H groups in total. The average molecular weight is 374 g/mol. The van der Waals surface area contributed by atoms with Crippen molar-refractivity contribution in [1.82, 2.24) is 4.98 Å². The first-order valence-electron chi connectivity index (χ1n) is 10.2. The molecule has 0 unspecified atom stereocenters. The maximum Gasteiger partial charge on any atom is 0.274 e. The molecule has 0 spiro atoms. The van der Waals surface area contributed by atoms with Crippen LogP contribution in [0.3, 0.4) is 0 Å². The second kappa shape index (κ2) is 8.01. The smallest absolute Gasteiger partial charge is 0.274 e. The number of carbonyl (C=O) groups is 1. The molecule has 4 rings (SSSR count). The predicted molar refractivity (Wildman–Crippen MR) is 116 cm³/mol. The van der Waals surface area contributed by atoms with Crippen LogP contribution >= 0.6 is 0 Å². The number of anilines is 2. The molecule has 0 bridgehead atoms. The number of benzene rings is 2. The van der Waals surface area contributed by atoms with Crippen molar-refractivity contribution in [1.29, 1.82) is 0 Å². The molecule has 28 heavy (non-hydrogen) atoms. The molecule has 4 heteroatoms. The van der Waals surface area contributed by atoms with Crippen LogP contribution in [-0.4, -0.2) is 24.0 Å². The van der Waals surface area contributed by atoms with E-state index in [1.54, 1.807) is 0 Å². The second-order valence-electron chi connectivity index (χ2n) is 7.60. The van der Waals surface area contributed by atoms with Crippen LogP contribution in [0.5, 0.6) is 0 Å². The van der Waals surface area contributed by atoms with Crippen molar-refractivity contribution in [3.8, 4) is 0 Å². The third kappa shape index (κ3) is 3.86. The van der Waals surface area contributed by atoms with Gasteiger partial charge in [0.25, 0.3) is 5.91 Å². The Hall–Kier alpha value is -2.88. The minimum absolute atomic E-state index is 0.162. The molecular formula is C24H27N3O. The van der Waals surface area contributed by atoms with E-state index in [0.717, 1.165) is 41.8 Å². The Morgan fingerprint density at radius 1 is 1.04 bits per heavy atom. The van der Waals surface area contributed by atoms with E-state index in [1.807, 2.05) is 36.4 Å². The summed E-state index contributed by atoms with van der Waals surface area (Å²) >= 11 is 0. The highest BCUT2D eigenvalue weighted by molar-refractivity contribution is 6.06. The minimum Gasteiger partial charge on any atom is -0.371 e. The van der Waals surface area contributed by atoms with Gasteiger partial charge in [-0.25, -0.2) is 4.98 Å². The lowest BCUT2D eigenvalue weighted by Gasteiger charge is -2.30. The molecule has 2 heterocycles. The summed E-state index contributed by atoms with van der Waals surface area (Å²) in [5, 5.41) is 4.13. The van der Waals surface area contributed by atoms with Crippen LogP contribution in [0, 0.1) is 6.92 Å². The van der Waals surface area contributed by atoms with Gasteiger partial charge in [0.15, 0.2) is 0 Å². The fourth-order valence-corrected chi connectivity index (χ4v) is 3.85. The van der Waals surface area contributed by atoms with Crippen LogP contribution in [0.25, 0.3) is 10.9 Å². The van der Waals surface area contributed by atoms with Crippen LogP contribution in [0.4, 0.5) is 11.4 Å². The fourth-order valence-electron chi connectivity index (χ4n) is 3.85. The number of nitrogens with one attached hydrogen (secondary N) is 1. The van der Waals surface area contributed by atoms with Gasteiger partial charge in [-0.15, -0.1) is 0 Å². The maximum atomic E-state index is 12.9. The van der Waals surface area contributed by atoms with Gasteiger partial charge >= 0.3 is 0 Å². The number of piperidine rings is 1. The van der Waals surface area contributed by atoms with E-state index in [1.165, 1.54) is 30.4 Å². The zero-order valence-electron chi connectivity index (χ0n) is 16.7. The summed E-state index contributed by atoms with van der Waals surface area (Å²) in [7, 11) is 0. The summed E-state index contributed by atoms with van der Waals surface area (Å²) in [4.78, 5) is 20.0. The molecule has 144 valence electrons. The number of carbonyl (C=O) groups excluding carboxylic acids is 1. The van der Waals surface area contributed by atoms with E-state index in [4.69, 9.17) is 0 Å². The van der Waals surface area contributed by atoms with Gasteiger partial charge in [0.2, 0.25) is 0 Å². The van der Waals surface area contributed by atoms with Crippen LogP contribution in [0.1, 0.15) is 47.8 Å². The summed E-state index contributed by atoms with van der Waals surface area (Å²) in [6.07, 6.45) is 4.65. The molecular weight excluding hydrogens is 346 g/mol. The molecule has 1 amide bonds. The van der Waals surface area contributed by atoms with Gasteiger partial charge in [0.1, 0.15) is 5.69 Å². The first-order valence-corrected chi connectivity index (χ1v) is 10.2. The van der Waals surface area contributed by atoms with Gasteiger partial charge in [-0.3, -0.25) is 4.79 Å². The Morgan fingerprint density at radius 2 is 1.79 bits per heavy atom. The lowest BCUT2D eigenvalue weighted by atomic mass is 10.1. The van der Waals surface area contributed by atoms with E-state index in [-0.39, 0.29) is 5.91 Å². The van der Waals surface area contributed by atoms with Crippen molar-refractivity contribution >= 4 is 28.2 Å². The number of amides is 1. The van der Waals surface area contributed by atoms with E-state index >= 15 is 0 Å². The molecule has 1 aromatic heterocycles. The summed E-state index contributed by atoms with van der Waals surface area (Å²) in [5.74, 6) is -0.162. The Morgan fingerprint density at radius 3 is 2.50 bits per heavy atom. The molecule has 1 aliphatic heterocycles. The second-order valence-corrected chi connectivity index (χ2v) is 7.60. The molecule has 4 nitrogen and oxygen atoms in total. The monoisotopic (exact) mass is 373 g/mol. The zero-order chi connectivity index (χ0) is 19.5. The number of aromatic nitrogens is 1. The van der Waals surface area contributed by atoms with Gasteiger partial charge in [-0.05, 0) is 68.5 Å². The number of rotatable bonds is 4. The van der Waals surface area contributed by atoms with Crippen molar-refractivity contribution in [2.75, 3.05) is 23.3 Å².